The van der Waals surface area contributed by atoms with Crippen LogP contribution in [0.25, 0.3) is 0 Å². The number of methoxy groups -OCH3 is 1. The maximum absolute atomic E-state index is 11.9. The van der Waals surface area contributed by atoms with Gasteiger partial charge < -0.3 is 15.4 Å². The van der Waals surface area contributed by atoms with Crippen LogP contribution in [0, 0.1) is 0 Å². The quantitative estimate of drug-likeness (QED) is 0.880. The molecule has 1 aliphatic rings. The molecule has 1 fully saturated rings. The molecule has 104 valence electrons. The lowest BCUT2D eigenvalue weighted by Crippen LogP contribution is -2.39. The Labute approximate surface area is 125 Å². The number of anilines is 1. The number of hydrogen-bond donors (Lipinski definition) is 2. The van der Waals surface area contributed by atoms with Gasteiger partial charge in [-0.05, 0) is 34.1 Å². The number of amides is 1. The Bertz CT molecular complexity index is 450. The molecule has 0 aromatic heterocycles. The first-order chi connectivity index (χ1) is 9.19. The van der Waals surface area contributed by atoms with Crippen LogP contribution in [0.1, 0.15) is 6.42 Å². The molecule has 2 rings (SSSR count). The minimum atomic E-state index is 0.0390. The lowest BCUT2D eigenvalue weighted by molar-refractivity contribution is -0.116. The zero-order valence-electron chi connectivity index (χ0n) is 10.7. The van der Waals surface area contributed by atoms with Gasteiger partial charge >= 0.3 is 0 Å². The largest absolute Gasteiger partial charge is 0.496 e. The average Bonchev–Trinajstić information content (AvgIpc) is 2.40. The van der Waals surface area contributed by atoms with Gasteiger partial charge in [-0.1, -0.05) is 0 Å². The van der Waals surface area contributed by atoms with E-state index in [4.69, 9.17) is 4.74 Å². The second-order valence-corrected chi connectivity index (χ2v) is 6.33. The van der Waals surface area contributed by atoms with E-state index in [0.29, 0.717) is 6.42 Å². The first kappa shape index (κ1) is 14.7. The molecule has 19 heavy (non-hydrogen) atoms. The third-order valence-corrected chi connectivity index (χ3v) is 4.62. The SMILES string of the molecule is COc1ccc(NC(=O)CC2CSCCN2)cc1Br. The van der Waals surface area contributed by atoms with Crippen molar-refractivity contribution in [2.75, 3.05) is 30.5 Å². The fourth-order valence-corrected chi connectivity index (χ4v) is 3.42. The molecule has 0 saturated carbocycles. The highest BCUT2D eigenvalue weighted by Crippen LogP contribution is 2.27. The van der Waals surface area contributed by atoms with Crippen LogP contribution in [0.2, 0.25) is 0 Å². The van der Waals surface area contributed by atoms with Gasteiger partial charge in [-0.2, -0.15) is 11.8 Å². The van der Waals surface area contributed by atoms with Gasteiger partial charge in [0.15, 0.2) is 0 Å². The summed E-state index contributed by atoms with van der Waals surface area (Å²) in [4.78, 5) is 11.9. The number of nitrogens with one attached hydrogen (secondary N) is 2. The van der Waals surface area contributed by atoms with Crippen molar-refractivity contribution >= 4 is 39.3 Å². The predicted octanol–water partition coefficient (Wildman–Crippen LogP) is 2.49. The number of carbonyl (C=O) groups is 1. The van der Waals surface area contributed by atoms with Gasteiger partial charge in [-0.15, -0.1) is 0 Å². The Hall–Kier alpha value is -0.720. The second kappa shape index (κ2) is 7.17. The summed E-state index contributed by atoms with van der Waals surface area (Å²) in [5.41, 5.74) is 0.779. The third-order valence-electron chi connectivity index (χ3n) is 2.87. The molecule has 1 aromatic carbocycles. The van der Waals surface area contributed by atoms with Crippen molar-refractivity contribution in [3.05, 3.63) is 22.7 Å². The molecule has 1 unspecified atom stereocenters. The van der Waals surface area contributed by atoms with Gasteiger partial charge in [0, 0.05) is 36.2 Å². The standard InChI is InChI=1S/C13H17BrN2O2S/c1-18-12-3-2-9(6-11(12)14)16-13(17)7-10-8-19-5-4-15-10/h2-3,6,10,15H,4-5,7-8H2,1H3,(H,16,17). The van der Waals surface area contributed by atoms with Gasteiger partial charge in [0.25, 0.3) is 0 Å². The summed E-state index contributed by atoms with van der Waals surface area (Å²) >= 11 is 5.30. The molecule has 1 saturated heterocycles. The van der Waals surface area contributed by atoms with Crippen LogP contribution in [0.15, 0.2) is 22.7 Å². The molecule has 2 N–H and O–H groups in total. The molecule has 1 aliphatic heterocycles. The summed E-state index contributed by atoms with van der Waals surface area (Å²) in [5.74, 6) is 2.92. The van der Waals surface area contributed by atoms with E-state index in [9.17, 15) is 4.79 Å². The highest BCUT2D eigenvalue weighted by molar-refractivity contribution is 9.10. The maximum atomic E-state index is 11.9. The summed E-state index contributed by atoms with van der Waals surface area (Å²) < 4.78 is 5.99. The number of thioether (sulfide) groups is 1. The highest BCUT2D eigenvalue weighted by atomic mass is 79.9. The normalized spacial score (nSPS) is 18.9. The van der Waals surface area contributed by atoms with Crippen LogP contribution < -0.4 is 15.4 Å². The van der Waals surface area contributed by atoms with E-state index < -0.39 is 0 Å². The van der Waals surface area contributed by atoms with Gasteiger partial charge in [-0.3, -0.25) is 4.79 Å². The Balaban J connectivity index is 1.89. The molecule has 1 heterocycles. The summed E-state index contributed by atoms with van der Waals surface area (Å²) in [6.45, 7) is 0.983. The third kappa shape index (κ3) is 4.40. The van der Waals surface area contributed by atoms with Gasteiger partial charge in [0.2, 0.25) is 5.91 Å². The lowest BCUT2D eigenvalue weighted by Gasteiger charge is -2.22. The van der Waals surface area contributed by atoms with Crippen molar-refractivity contribution < 1.29 is 9.53 Å². The molecule has 0 aliphatic carbocycles. The number of rotatable bonds is 4. The van der Waals surface area contributed by atoms with Crippen molar-refractivity contribution in [1.82, 2.24) is 5.32 Å². The molecule has 4 nitrogen and oxygen atoms in total. The van der Waals surface area contributed by atoms with E-state index in [-0.39, 0.29) is 11.9 Å². The van der Waals surface area contributed by atoms with Crippen LogP contribution in [0.3, 0.4) is 0 Å². The van der Waals surface area contributed by atoms with Crippen LogP contribution in [-0.2, 0) is 4.79 Å². The van der Waals surface area contributed by atoms with E-state index in [2.05, 4.69) is 26.6 Å². The van der Waals surface area contributed by atoms with E-state index in [1.165, 1.54) is 0 Å². The van der Waals surface area contributed by atoms with E-state index in [0.717, 1.165) is 34.0 Å². The first-order valence-electron chi connectivity index (χ1n) is 6.13. The minimum Gasteiger partial charge on any atom is -0.496 e. The molecule has 6 heteroatoms. The molecule has 1 aromatic rings. The summed E-state index contributed by atoms with van der Waals surface area (Å²) in [7, 11) is 1.62. The van der Waals surface area contributed by atoms with Crippen molar-refractivity contribution in [3.8, 4) is 5.75 Å². The molecular formula is C13H17BrN2O2S. The number of halogens is 1. The number of ether oxygens (including phenoxy) is 1. The minimum absolute atomic E-state index is 0.0390. The Morgan fingerprint density at radius 1 is 1.63 bits per heavy atom. The maximum Gasteiger partial charge on any atom is 0.225 e. The second-order valence-electron chi connectivity index (χ2n) is 4.33. The Morgan fingerprint density at radius 3 is 3.11 bits per heavy atom. The monoisotopic (exact) mass is 344 g/mol. The molecule has 0 bridgehead atoms. The van der Waals surface area contributed by atoms with Crippen LogP contribution in [0.5, 0.6) is 5.75 Å². The fraction of sp³-hybridized carbons (Fsp3) is 0.462. The summed E-state index contributed by atoms with van der Waals surface area (Å²) in [6.07, 6.45) is 0.511. The Kier molecular flexibility index (Phi) is 5.54. The number of carbonyl (C=O) groups excluding carboxylic acids is 1. The summed E-state index contributed by atoms with van der Waals surface area (Å²) in [6, 6.07) is 5.79. The zero-order valence-corrected chi connectivity index (χ0v) is 13.1. The predicted molar refractivity (Wildman–Crippen MR) is 83.1 cm³/mol. The average molecular weight is 345 g/mol. The number of hydrogen-bond acceptors (Lipinski definition) is 4. The van der Waals surface area contributed by atoms with Crippen LogP contribution in [-0.4, -0.2) is 37.1 Å². The van der Waals surface area contributed by atoms with Crippen LogP contribution >= 0.6 is 27.7 Å². The molecule has 0 radical (unpaired) electrons. The van der Waals surface area contributed by atoms with Crippen molar-refractivity contribution in [2.45, 2.75) is 12.5 Å². The van der Waals surface area contributed by atoms with E-state index in [1.54, 1.807) is 7.11 Å². The molecule has 1 atom stereocenters. The first-order valence-corrected chi connectivity index (χ1v) is 8.08. The molecular weight excluding hydrogens is 328 g/mol. The Morgan fingerprint density at radius 2 is 2.47 bits per heavy atom. The molecule has 1 amide bonds. The van der Waals surface area contributed by atoms with Gasteiger partial charge in [-0.25, -0.2) is 0 Å². The smallest absolute Gasteiger partial charge is 0.225 e. The topological polar surface area (TPSA) is 50.4 Å². The van der Waals surface area contributed by atoms with E-state index in [1.807, 2.05) is 30.0 Å². The lowest BCUT2D eigenvalue weighted by atomic mass is 10.2. The van der Waals surface area contributed by atoms with Crippen molar-refractivity contribution in [1.29, 1.82) is 0 Å². The van der Waals surface area contributed by atoms with Crippen molar-refractivity contribution in [2.24, 2.45) is 0 Å². The highest BCUT2D eigenvalue weighted by Gasteiger charge is 2.16. The van der Waals surface area contributed by atoms with Gasteiger partial charge in [0.05, 0.1) is 11.6 Å². The van der Waals surface area contributed by atoms with Crippen LogP contribution in [0.4, 0.5) is 5.69 Å². The van der Waals surface area contributed by atoms with E-state index >= 15 is 0 Å². The van der Waals surface area contributed by atoms with Gasteiger partial charge in [0.1, 0.15) is 5.75 Å². The molecule has 0 spiro atoms. The summed E-state index contributed by atoms with van der Waals surface area (Å²) in [5, 5.41) is 6.26. The zero-order chi connectivity index (χ0) is 13.7. The van der Waals surface area contributed by atoms with Crippen molar-refractivity contribution in [3.63, 3.8) is 0 Å². The fourth-order valence-electron chi connectivity index (χ4n) is 1.93. The number of benzene rings is 1.